The van der Waals surface area contributed by atoms with Crippen molar-refractivity contribution in [3.05, 3.63) is 41.6 Å². The maximum absolute atomic E-state index is 13.1. The molecule has 1 heterocycles. The first kappa shape index (κ1) is 21.3. The molecule has 146 valence electrons. The maximum Gasteiger partial charge on any atom is 0.243 e. The van der Waals surface area contributed by atoms with Gasteiger partial charge in [0, 0.05) is 19.0 Å². The quantitative estimate of drug-likeness (QED) is 0.711. The lowest BCUT2D eigenvalue weighted by Gasteiger charge is -2.38. The van der Waals surface area contributed by atoms with Crippen molar-refractivity contribution in [1.29, 1.82) is 0 Å². The number of hydrogen-bond donors (Lipinski definition) is 1. The van der Waals surface area contributed by atoms with Gasteiger partial charge in [0.2, 0.25) is 10.0 Å². The van der Waals surface area contributed by atoms with E-state index in [1.165, 1.54) is 4.31 Å². The molecule has 26 heavy (non-hydrogen) atoms. The molecule has 1 aliphatic heterocycles. The summed E-state index contributed by atoms with van der Waals surface area (Å²) in [7, 11) is -5.34. The zero-order chi connectivity index (χ0) is 19.8. The number of rotatable bonds is 7. The van der Waals surface area contributed by atoms with Crippen LogP contribution in [0.5, 0.6) is 0 Å². The molecular weight excluding hydrogens is 362 g/mol. The van der Waals surface area contributed by atoms with E-state index in [1.54, 1.807) is 31.2 Å². The molecule has 0 bridgehead atoms. The fourth-order valence-corrected chi connectivity index (χ4v) is 9.82. The number of hydrogen-bond acceptors (Lipinski definition) is 3. The summed E-state index contributed by atoms with van der Waals surface area (Å²) in [6, 6.07) is 10.1. The van der Waals surface area contributed by atoms with Gasteiger partial charge in [0.25, 0.3) is 0 Å². The molecule has 6 heteroatoms. The van der Waals surface area contributed by atoms with Crippen molar-refractivity contribution in [3.63, 3.8) is 0 Å². The summed E-state index contributed by atoms with van der Waals surface area (Å²) in [5.41, 5.74) is -0.0553. The fraction of sp³-hybridized carbons (Fsp3) is 0.600. The first-order valence-electron chi connectivity index (χ1n) is 9.52. The zero-order valence-electron chi connectivity index (χ0n) is 16.7. The molecule has 1 aromatic rings. The highest BCUT2D eigenvalue weighted by atomic mass is 32.2. The standard InChI is InChI=1S/C20H33NO3SSi/c1-7-26(8-2,9-3)17(5)19-14-21(15-20(19,6)22)25(23,24)18-12-10-16(4)11-13-18/h10-13,19,22H,5,7-9,14-15H2,1-4,6H3/t19-,20-/m0/s1. The summed E-state index contributed by atoms with van der Waals surface area (Å²) in [5, 5.41) is 12.2. The van der Waals surface area contributed by atoms with Crippen molar-refractivity contribution >= 4 is 18.1 Å². The number of β-amino-alcohol motifs (C(OH)–C–C–N with tert-alkyl or cyclic N) is 1. The van der Waals surface area contributed by atoms with E-state index in [1.807, 2.05) is 6.92 Å². The molecule has 0 aliphatic carbocycles. The monoisotopic (exact) mass is 395 g/mol. The maximum atomic E-state index is 13.1. The lowest BCUT2D eigenvalue weighted by Crippen LogP contribution is -2.44. The topological polar surface area (TPSA) is 57.6 Å². The van der Waals surface area contributed by atoms with Crippen molar-refractivity contribution in [3.8, 4) is 0 Å². The fourth-order valence-electron chi connectivity index (χ4n) is 4.26. The van der Waals surface area contributed by atoms with Crippen molar-refractivity contribution in [1.82, 2.24) is 4.31 Å². The van der Waals surface area contributed by atoms with Gasteiger partial charge in [0.15, 0.2) is 0 Å². The van der Waals surface area contributed by atoms with E-state index in [0.717, 1.165) is 28.9 Å². The van der Waals surface area contributed by atoms with E-state index in [4.69, 9.17) is 0 Å². The van der Waals surface area contributed by atoms with Crippen molar-refractivity contribution in [2.45, 2.75) is 63.2 Å². The number of nitrogens with zero attached hydrogens (tertiary/aromatic N) is 1. The van der Waals surface area contributed by atoms with Gasteiger partial charge in [-0.15, -0.1) is 6.58 Å². The van der Waals surface area contributed by atoms with Gasteiger partial charge in [-0.3, -0.25) is 0 Å². The summed E-state index contributed by atoms with van der Waals surface area (Å²) in [6.07, 6.45) is 0. The van der Waals surface area contributed by atoms with Crippen LogP contribution >= 0.6 is 0 Å². The number of benzene rings is 1. The van der Waals surface area contributed by atoms with E-state index >= 15 is 0 Å². The molecule has 4 nitrogen and oxygen atoms in total. The van der Waals surface area contributed by atoms with E-state index in [-0.39, 0.29) is 17.4 Å². The first-order chi connectivity index (χ1) is 12.0. The van der Waals surface area contributed by atoms with Crippen LogP contribution in [0.3, 0.4) is 0 Å². The van der Waals surface area contributed by atoms with Crippen LogP contribution in [0.15, 0.2) is 40.9 Å². The van der Waals surface area contributed by atoms with Gasteiger partial charge in [0.1, 0.15) is 0 Å². The normalized spacial score (nSPS) is 24.8. The Morgan fingerprint density at radius 3 is 2.19 bits per heavy atom. The van der Waals surface area contributed by atoms with E-state index in [0.29, 0.717) is 6.54 Å². The highest BCUT2D eigenvalue weighted by Crippen LogP contribution is 2.42. The van der Waals surface area contributed by atoms with Crippen molar-refractivity contribution < 1.29 is 13.5 Å². The largest absolute Gasteiger partial charge is 0.388 e. The summed E-state index contributed by atoms with van der Waals surface area (Å²) in [5.74, 6) is -0.200. The number of aliphatic hydroxyl groups is 1. The van der Waals surface area contributed by atoms with Crippen LogP contribution in [-0.4, -0.2) is 44.6 Å². The van der Waals surface area contributed by atoms with Crippen LogP contribution in [-0.2, 0) is 10.0 Å². The second-order valence-corrected chi connectivity index (χ2v) is 15.1. The molecule has 1 saturated heterocycles. The third-order valence-electron chi connectivity index (χ3n) is 6.42. The van der Waals surface area contributed by atoms with Gasteiger partial charge >= 0.3 is 0 Å². The predicted octanol–water partition coefficient (Wildman–Crippen LogP) is 3.97. The molecule has 0 aromatic heterocycles. The van der Waals surface area contributed by atoms with Gasteiger partial charge in [-0.1, -0.05) is 61.8 Å². The smallest absolute Gasteiger partial charge is 0.243 e. The highest BCUT2D eigenvalue weighted by molar-refractivity contribution is 7.89. The van der Waals surface area contributed by atoms with E-state index < -0.39 is 23.7 Å². The highest BCUT2D eigenvalue weighted by Gasteiger charge is 2.50. The summed E-state index contributed by atoms with van der Waals surface area (Å²) < 4.78 is 27.6. The molecule has 0 spiro atoms. The molecular formula is C20H33NO3SSi. The van der Waals surface area contributed by atoms with E-state index in [2.05, 4.69) is 27.4 Å². The second-order valence-electron chi connectivity index (χ2n) is 7.89. The predicted molar refractivity (Wildman–Crippen MR) is 110 cm³/mol. The third-order valence-corrected chi connectivity index (χ3v) is 14.0. The molecule has 1 N–H and O–H groups in total. The number of sulfonamides is 1. The number of aryl methyl sites for hydroxylation is 1. The summed E-state index contributed by atoms with van der Waals surface area (Å²) in [4.78, 5) is 0.287. The molecule has 0 amide bonds. The molecule has 2 atom stereocenters. The Kier molecular flexibility index (Phi) is 6.22. The zero-order valence-corrected chi connectivity index (χ0v) is 18.6. The molecule has 1 aromatic carbocycles. The summed E-state index contributed by atoms with van der Waals surface area (Å²) >= 11 is 0. The average Bonchev–Trinajstić information content (AvgIpc) is 2.93. The molecule has 1 fully saturated rings. The van der Waals surface area contributed by atoms with E-state index in [9.17, 15) is 13.5 Å². The van der Waals surface area contributed by atoms with Crippen LogP contribution in [0, 0.1) is 12.8 Å². The van der Waals surface area contributed by atoms with Crippen molar-refractivity contribution in [2.24, 2.45) is 5.92 Å². The Balaban J connectivity index is 2.34. The summed E-state index contributed by atoms with van der Waals surface area (Å²) in [6.45, 7) is 15.1. The van der Waals surface area contributed by atoms with Crippen LogP contribution in [0.25, 0.3) is 0 Å². The molecule has 1 aliphatic rings. The first-order valence-corrected chi connectivity index (χ1v) is 13.6. The minimum absolute atomic E-state index is 0.120. The lowest BCUT2D eigenvalue weighted by molar-refractivity contribution is 0.0482. The van der Waals surface area contributed by atoms with Crippen LogP contribution in [0.1, 0.15) is 33.3 Å². The SMILES string of the molecule is C=C([C@@H]1CN(S(=O)(=O)c2ccc(C)cc2)C[C@]1(C)O)[Si](CC)(CC)CC. The molecule has 0 radical (unpaired) electrons. The molecule has 0 unspecified atom stereocenters. The van der Waals surface area contributed by atoms with Crippen molar-refractivity contribution in [2.75, 3.05) is 13.1 Å². The van der Waals surface area contributed by atoms with Crippen LogP contribution < -0.4 is 0 Å². The lowest BCUT2D eigenvalue weighted by atomic mass is 9.93. The Morgan fingerprint density at radius 2 is 1.73 bits per heavy atom. The van der Waals surface area contributed by atoms with Gasteiger partial charge in [-0.2, -0.15) is 4.31 Å². The Bertz CT molecular complexity index is 744. The van der Waals surface area contributed by atoms with Crippen LogP contribution in [0.2, 0.25) is 18.1 Å². The average molecular weight is 396 g/mol. The van der Waals surface area contributed by atoms with Gasteiger partial charge in [-0.05, 0) is 26.0 Å². The minimum atomic E-state index is -3.61. The molecule has 2 rings (SSSR count). The Hall–Kier alpha value is -0.953. The van der Waals surface area contributed by atoms with Gasteiger partial charge in [0.05, 0.1) is 18.6 Å². The third kappa shape index (κ3) is 3.70. The second kappa shape index (κ2) is 7.58. The molecule has 0 saturated carbocycles. The van der Waals surface area contributed by atoms with Gasteiger partial charge < -0.3 is 5.11 Å². The van der Waals surface area contributed by atoms with Gasteiger partial charge in [-0.25, -0.2) is 8.42 Å². The Morgan fingerprint density at radius 1 is 1.23 bits per heavy atom. The minimum Gasteiger partial charge on any atom is -0.388 e. The Labute approximate surface area is 160 Å². The van der Waals surface area contributed by atoms with Crippen LogP contribution in [0.4, 0.5) is 0 Å².